The summed E-state index contributed by atoms with van der Waals surface area (Å²) < 4.78 is 0. The third-order valence-electron chi connectivity index (χ3n) is 3.22. The Morgan fingerprint density at radius 3 is 2.82 bits per heavy atom. The van der Waals surface area contributed by atoms with Crippen molar-refractivity contribution in [3.8, 4) is 0 Å². The zero-order chi connectivity index (χ0) is 11.9. The van der Waals surface area contributed by atoms with Crippen LogP contribution in [0.15, 0.2) is 16.8 Å². The van der Waals surface area contributed by atoms with Gasteiger partial charge in [-0.1, -0.05) is 6.42 Å². The lowest BCUT2D eigenvalue weighted by atomic mass is 10.1. The summed E-state index contributed by atoms with van der Waals surface area (Å²) in [7, 11) is 0. The van der Waals surface area contributed by atoms with Gasteiger partial charge in [0.1, 0.15) is 0 Å². The smallest absolute Gasteiger partial charge is 0.0433 e. The largest absolute Gasteiger partial charge is 0.330 e. The second-order valence-corrected chi connectivity index (χ2v) is 6.66. The lowest BCUT2D eigenvalue weighted by molar-refractivity contribution is 0.230. The Kier molecular flexibility index (Phi) is 5.85. The Labute approximate surface area is 113 Å². The number of hydrogen-bond donors (Lipinski definition) is 1. The molecule has 2 N–H and O–H groups in total. The topological polar surface area (TPSA) is 29.3 Å². The molecule has 0 saturated carbocycles. The van der Waals surface area contributed by atoms with E-state index in [9.17, 15) is 0 Å². The predicted octanol–water partition coefficient (Wildman–Crippen LogP) is 2.97. The van der Waals surface area contributed by atoms with Gasteiger partial charge in [-0.25, -0.2) is 0 Å². The van der Waals surface area contributed by atoms with E-state index in [1.807, 2.05) is 11.8 Å². The van der Waals surface area contributed by atoms with Crippen LogP contribution in [-0.4, -0.2) is 36.8 Å². The van der Waals surface area contributed by atoms with Crippen LogP contribution in [0.4, 0.5) is 0 Å². The first-order valence-electron chi connectivity index (χ1n) is 6.46. The van der Waals surface area contributed by atoms with Crippen LogP contribution < -0.4 is 5.73 Å². The van der Waals surface area contributed by atoms with Gasteiger partial charge in [0, 0.05) is 24.1 Å². The van der Waals surface area contributed by atoms with E-state index < -0.39 is 0 Å². The second kappa shape index (κ2) is 7.41. The lowest BCUT2D eigenvalue weighted by Crippen LogP contribution is -2.33. The zero-order valence-electron chi connectivity index (χ0n) is 10.3. The summed E-state index contributed by atoms with van der Waals surface area (Å²) in [5.74, 6) is 1.06. The molecule has 1 fully saturated rings. The number of rotatable bonds is 6. The number of piperidine rings is 1. The molecule has 2 rings (SSSR count). The number of likely N-dealkylation sites (tertiary alicyclic amines) is 1. The van der Waals surface area contributed by atoms with Crippen molar-refractivity contribution in [2.45, 2.75) is 24.5 Å². The van der Waals surface area contributed by atoms with Gasteiger partial charge in [-0.2, -0.15) is 23.1 Å². The first-order valence-corrected chi connectivity index (χ1v) is 8.45. The van der Waals surface area contributed by atoms with Crippen LogP contribution in [0.1, 0.15) is 30.1 Å². The SMILES string of the molecule is NCCSC(CN1CCCCC1)c1ccsc1. The molecular weight excluding hydrogens is 248 g/mol. The van der Waals surface area contributed by atoms with Gasteiger partial charge >= 0.3 is 0 Å². The molecule has 1 aromatic rings. The van der Waals surface area contributed by atoms with Gasteiger partial charge < -0.3 is 10.6 Å². The van der Waals surface area contributed by atoms with Crippen LogP contribution in [0.2, 0.25) is 0 Å². The summed E-state index contributed by atoms with van der Waals surface area (Å²) in [5.41, 5.74) is 7.12. The molecule has 0 aliphatic carbocycles. The fourth-order valence-corrected chi connectivity index (χ4v) is 4.18. The maximum Gasteiger partial charge on any atom is 0.0433 e. The summed E-state index contributed by atoms with van der Waals surface area (Å²) in [5, 5.41) is 5.09. The molecule has 0 radical (unpaired) electrons. The minimum absolute atomic E-state index is 0.614. The third-order valence-corrected chi connectivity index (χ3v) is 5.22. The van der Waals surface area contributed by atoms with E-state index in [0.29, 0.717) is 5.25 Å². The van der Waals surface area contributed by atoms with Crippen molar-refractivity contribution in [2.24, 2.45) is 5.73 Å². The van der Waals surface area contributed by atoms with Gasteiger partial charge in [0.25, 0.3) is 0 Å². The molecular formula is C13H22N2S2. The molecule has 0 amide bonds. The fraction of sp³-hybridized carbons (Fsp3) is 0.692. The lowest BCUT2D eigenvalue weighted by Gasteiger charge is -2.30. The average molecular weight is 270 g/mol. The van der Waals surface area contributed by atoms with E-state index >= 15 is 0 Å². The van der Waals surface area contributed by atoms with Crippen LogP contribution >= 0.6 is 23.1 Å². The van der Waals surface area contributed by atoms with E-state index in [4.69, 9.17) is 5.73 Å². The summed E-state index contributed by atoms with van der Waals surface area (Å²) >= 11 is 3.81. The first kappa shape index (κ1) is 13.4. The predicted molar refractivity (Wildman–Crippen MR) is 78.9 cm³/mol. The number of thioether (sulfide) groups is 1. The van der Waals surface area contributed by atoms with Gasteiger partial charge in [0.05, 0.1) is 0 Å². The molecule has 17 heavy (non-hydrogen) atoms. The highest BCUT2D eigenvalue weighted by Gasteiger charge is 2.18. The Balaban J connectivity index is 1.90. The van der Waals surface area contributed by atoms with Gasteiger partial charge in [-0.15, -0.1) is 0 Å². The second-order valence-electron chi connectivity index (χ2n) is 4.57. The van der Waals surface area contributed by atoms with Crippen molar-refractivity contribution in [3.05, 3.63) is 22.4 Å². The van der Waals surface area contributed by atoms with Crippen LogP contribution in [0, 0.1) is 0 Å². The van der Waals surface area contributed by atoms with E-state index in [0.717, 1.165) is 12.3 Å². The average Bonchev–Trinajstić information content (AvgIpc) is 2.89. The minimum atomic E-state index is 0.614. The van der Waals surface area contributed by atoms with Crippen molar-refractivity contribution >= 4 is 23.1 Å². The number of hydrogen-bond acceptors (Lipinski definition) is 4. The molecule has 0 bridgehead atoms. The Morgan fingerprint density at radius 1 is 1.35 bits per heavy atom. The molecule has 2 nitrogen and oxygen atoms in total. The molecule has 1 saturated heterocycles. The number of thiophene rings is 1. The molecule has 1 unspecified atom stereocenters. The van der Waals surface area contributed by atoms with Gasteiger partial charge in [-0.3, -0.25) is 0 Å². The van der Waals surface area contributed by atoms with Crippen molar-refractivity contribution < 1.29 is 0 Å². The highest BCUT2D eigenvalue weighted by molar-refractivity contribution is 7.99. The van der Waals surface area contributed by atoms with Crippen molar-refractivity contribution in [3.63, 3.8) is 0 Å². The molecule has 1 aliphatic rings. The summed E-state index contributed by atoms with van der Waals surface area (Å²) in [6.45, 7) is 4.54. The molecule has 1 aliphatic heterocycles. The van der Waals surface area contributed by atoms with Gasteiger partial charge in [0.2, 0.25) is 0 Å². The molecule has 4 heteroatoms. The highest BCUT2D eigenvalue weighted by atomic mass is 32.2. The van der Waals surface area contributed by atoms with E-state index in [-0.39, 0.29) is 0 Å². The number of nitrogens with zero attached hydrogens (tertiary/aromatic N) is 1. The number of nitrogens with two attached hydrogens (primary N) is 1. The monoisotopic (exact) mass is 270 g/mol. The normalized spacial score (nSPS) is 19.4. The maximum atomic E-state index is 5.63. The Hall–Kier alpha value is -0.0300. The van der Waals surface area contributed by atoms with Crippen molar-refractivity contribution in [2.75, 3.05) is 31.9 Å². The van der Waals surface area contributed by atoms with Gasteiger partial charge in [0.15, 0.2) is 0 Å². The molecule has 0 spiro atoms. The quantitative estimate of drug-likeness (QED) is 0.862. The highest BCUT2D eigenvalue weighted by Crippen LogP contribution is 2.31. The van der Waals surface area contributed by atoms with Crippen molar-refractivity contribution in [1.29, 1.82) is 0 Å². The molecule has 1 atom stereocenters. The van der Waals surface area contributed by atoms with Gasteiger partial charge in [-0.05, 0) is 48.3 Å². The van der Waals surface area contributed by atoms with Crippen LogP contribution in [0.3, 0.4) is 0 Å². The third kappa shape index (κ3) is 4.28. The summed E-state index contributed by atoms with van der Waals surface area (Å²) in [6, 6.07) is 2.27. The summed E-state index contributed by atoms with van der Waals surface area (Å²) in [6.07, 6.45) is 4.16. The molecule has 96 valence electrons. The van der Waals surface area contributed by atoms with Crippen LogP contribution in [-0.2, 0) is 0 Å². The molecule has 1 aromatic heterocycles. The van der Waals surface area contributed by atoms with E-state index in [2.05, 4.69) is 21.7 Å². The fourth-order valence-electron chi connectivity index (χ4n) is 2.30. The van der Waals surface area contributed by atoms with Crippen molar-refractivity contribution in [1.82, 2.24) is 4.90 Å². The maximum absolute atomic E-state index is 5.63. The zero-order valence-corrected chi connectivity index (χ0v) is 11.9. The van der Waals surface area contributed by atoms with Crippen LogP contribution in [0.25, 0.3) is 0 Å². The first-order chi connectivity index (χ1) is 8.40. The van der Waals surface area contributed by atoms with E-state index in [1.165, 1.54) is 44.5 Å². The minimum Gasteiger partial charge on any atom is -0.330 e. The summed E-state index contributed by atoms with van der Waals surface area (Å²) in [4.78, 5) is 2.62. The Morgan fingerprint density at radius 2 is 2.18 bits per heavy atom. The van der Waals surface area contributed by atoms with Crippen LogP contribution in [0.5, 0.6) is 0 Å². The molecule has 2 heterocycles. The standard InChI is InChI=1S/C13H22N2S2/c14-5-9-17-13(12-4-8-16-11-12)10-15-6-2-1-3-7-15/h4,8,11,13H,1-3,5-7,9-10,14H2. The molecule has 0 aromatic carbocycles. The van der Waals surface area contributed by atoms with E-state index in [1.54, 1.807) is 11.3 Å². The Bertz CT molecular complexity index is 294.